The number of anilines is 1. The van der Waals surface area contributed by atoms with Crippen molar-refractivity contribution in [2.75, 3.05) is 25.6 Å². The summed E-state index contributed by atoms with van der Waals surface area (Å²) in [5.41, 5.74) is 10.2. The molecular weight excluding hydrogens is 366 g/mol. The molecule has 0 amide bonds. The molecule has 29 heavy (non-hydrogen) atoms. The summed E-state index contributed by atoms with van der Waals surface area (Å²) in [5, 5.41) is 0. The Morgan fingerprint density at radius 3 is 2.69 bits per heavy atom. The highest BCUT2D eigenvalue weighted by molar-refractivity contribution is 6.16. The minimum Gasteiger partial charge on any atom is -0.497 e. The van der Waals surface area contributed by atoms with E-state index in [1.165, 1.54) is 6.26 Å². The van der Waals surface area contributed by atoms with Crippen molar-refractivity contribution in [1.82, 2.24) is 0 Å². The number of nitrogens with zero attached hydrogens (tertiary/aromatic N) is 2. The third-order valence-electron chi connectivity index (χ3n) is 5.30. The molecule has 2 heterocycles. The van der Waals surface area contributed by atoms with Gasteiger partial charge in [-0.1, -0.05) is 30.3 Å². The SMILES string of the molecule is COc1ccc2c(c1)N(C)C(C(N)C(=O)c1ccco1)CN=C2c1ccccc1. The van der Waals surface area contributed by atoms with Gasteiger partial charge in [0.2, 0.25) is 5.78 Å². The molecule has 1 aliphatic heterocycles. The van der Waals surface area contributed by atoms with E-state index in [4.69, 9.17) is 19.9 Å². The smallest absolute Gasteiger partial charge is 0.216 e. The molecule has 1 aliphatic rings. The van der Waals surface area contributed by atoms with Crippen molar-refractivity contribution < 1.29 is 13.9 Å². The van der Waals surface area contributed by atoms with Gasteiger partial charge in [0.05, 0.1) is 37.7 Å². The van der Waals surface area contributed by atoms with E-state index in [2.05, 4.69) is 0 Å². The second kappa shape index (κ2) is 7.93. The molecule has 0 bridgehead atoms. The lowest BCUT2D eigenvalue weighted by Crippen LogP contribution is -2.52. The quantitative estimate of drug-likeness (QED) is 0.678. The van der Waals surface area contributed by atoms with Crippen LogP contribution in [0.5, 0.6) is 5.75 Å². The van der Waals surface area contributed by atoms with Gasteiger partial charge in [-0.3, -0.25) is 9.79 Å². The van der Waals surface area contributed by atoms with Crippen LogP contribution in [0, 0.1) is 0 Å². The number of aliphatic imine (C=N–C) groups is 1. The first kappa shape index (κ1) is 19.0. The first-order valence-electron chi connectivity index (χ1n) is 9.44. The summed E-state index contributed by atoms with van der Waals surface area (Å²) < 4.78 is 10.7. The summed E-state index contributed by atoms with van der Waals surface area (Å²) in [6.45, 7) is 0.380. The number of benzodiazepines with no additional fused rings is 1. The van der Waals surface area contributed by atoms with Crippen LogP contribution in [0.15, 0.2) is 76.3 Å². The van der Waals surface area contributed by atoms with Crippen LogP contribution in [0.3, 0.4) is 0 Å². The predicted molar refractivity (Wildman–Crippen MR) is 113 cm³/mol. The molecule has 148 valence electrons. The molecule has 0 fully saturated rings. The monoisotopic (exact) mass is 389 g/mol. The van der Waals surface area contributed by atoms with E-state index in [1.807, 2.05) is 60.5 Å². The highest BCUT2D eigenvalue weighted by atomic mass is 16.5. The zero-order chi connectivity index (χ0) is 20.4. The van der Waals surface area contributed by atoms with E-state index >= 15 is 0 Å². The van der Waals surface area contributed by atoms with Crippen molar-refractivity contribution >= 4 is 17.2 Å². The first-order chi connectivity index (χ1) is 14.1. The lowest BCUT2D eigenvalue weighted by Gasteiger charge is -2.32. The van der Waals surface area contributed by atoms with Gasteiger partial charge in [0.1, 0.15) is 5.75 Å². The number of likely N-dealkylation sites (N-methyl/N-ethyl adjacent to an activating group) is 1. The number of carbonyl (C=O) groups is 1. The Bertz CT molecular complexity index is 1030. The van der Waals surface area contributed by atoms with Gasteiger partial charge in [0.15, 0.2) is 5.76 Å². The van der Waals surface area contributed by atoms with Crippen LogP contribution in [0.1, 0.15) is 21.7 Å². The molecule has 0 saturated carbocycles. The lowest BCUT2D eigenvalue weighted by atomic mass is 9.99. The van der Waals surface area contributed by atoms with Crippen molar-refractivity contribution in [2.24, 2.45) is 10.7 Å². The molecular formula is C23H23N3O3. The molecule has 4 rings (SSSR count). The number of nitrogens with two attached hydrogens (primary N) is 1. The summed E-state index contributed by atoms with van der Waals surface area (Å²) in [4.78, 5) is 19.7. The van der Waals surface area contributed by atoms with Gasteiger partial charge in [-0.05, 0) is 24.3 Å². The molecule has 0 radical (unpaired) electrons. The minimum absolute atomic E-state index is 0.241. The Morgan fingerprint density at radius 2 is 2.00 bits per heavy atom. The van der Waals surface area contributed by atoms with Crippen LogP contribution >= 0.6 is 0 Å². The normalized spacial score (nSPS) is 17.1. The summed E-state index contributed by atoms with van der Waals surface area (Å²) in [5.74, 6) is 0.748. The molecule has 2 atom stereocenters. The molecule has 3 aromatic rings. The molecule has 2 N–H and O–H groups in total. The summed E-state index contributed by atoms with van der Waals surface area (Å²) >= 11 is 0. The van der Waals surface area contributed by atoms with Crippen LogP contribution in [-0.2, 0) is 0 Å². The fourth-order valence-electron chi connectivity index (χ4n) is 3.66. The summed E-state index contributed by atoms with van der Waals surface area (Å²) in [6.07, 6.45) is 1.47. The van der Waals surface area contributed by atoms with E-state index in [-0.39, 0.29) is 17.6 Å². The van der Waals surface area contributed by atoms with Crippen LogP contribution in [0.25, 0.3) is 0 Å². The number of furan rings is 1. The Balaban J connectivity index is 1.79. The number of ketones is 1. The number of hydrogen-bond acceptors (Lipinski definition) is 6. The maximum absolute atomic E-state index is 12.8. The largest absolute Gasteiger partial charge is 0.497 e. The Hall–Kier alpha value is -3.38. The van der Waals surface area contributed by atoms with Crippen LogP contribution in [0.4, 0.5) is 5.69 Å². The topological polar surface area (TPSA) is 81.1 Å². The fraction of sp³-hybridized carbons (Fsp3) is 0.217. The van der Waals surface area contributed by atoms with Crippen LogP contribution < -0.4 is 15.4 Å². The third kappa shape index (κ3) is 3.54. The number of methoxy groups -OCH3 is 1. The van der Waals surface area contributed by atoms with Crippen molar-refractivity contribution in [2.45, 2.75) is 12.1 Å². The minimum atomic E-state index is -0.788. The zero-order valence-corrected chi connectivity index (χ0v) is 16.4. The van der Waals surface area contributed by atoms with E-state index in [0.717, 1.165) is 28.3 Å². The number of hydrogen-bond donors (Lipinski definition) is 1. The van der Waals surface area contributed by atoms with Gasteiger partial charge in [-0.25, -0.2) is 0 Å². The van der Waals surface area contributed by atoms with Gasteiger partial charge in [0, 0.05) is 29.9 Å². The van der Waals surface area contributed by atoms with Crippen molar-refractivity contribution in [1.29, 1.82) is 0 Å². The van der Waals surface area contributed by atoms with Gasteiger partial charge < -0.3 is 19.8 Å². The molecule has 0 saturated heterocycles. The molecule has 6 heteroatoms. The Kier molecular flexibility index (Phi) is 5.18. The van der Waals surface area contributed by atoms with Crippen molar-refractivity contribution in [3.63, 3.8) is 0 Å². The molecule has 2 unspecified atom stereocenters. The first-order valence-corrected chi connectivity index (χ1v) is 9.44. The Morgan fingerprint density at radius 1 is 1.21 bits per heavy atom. The summed E-state index contributed by atoms with van der Waals surface area (Å²) in [6, 6.07) is 18.1. The van der Waals surface area contributed by atoms with E-state index < -0.39 is 6.04 Å². The molecule has 2 aromatic carbocycles. The molecule has 6 nitrogen and oxygen atoms in total. The number of ether oxygens (including phenoxy) is 1. The van der Waals surface area contributed by atoms with E-state index in [9.17, 15) is 4.79 Å². The maximum atomic E-state index is 12.8. The van der Waals surface area contributed by atoms with E-state index in [0.29, 0.717) is 6.54 Å². The van der Waals surface area contributed by atoms with Gasteiger partial charge in [-0.15, -0.1) is 0 Å². The summed E-state index contributed by atoms with van der Waals surface area (Å²) in [7, 11) is 3.57. The fourth-order valence-corrected chi connectivity index (χ4v) is 3.66. The molecule has 0 aliphatic carbocycles. The third-order valence-corrected chi connectivity index (χ3v) is 5.30. The van der Waals surface area contributed by atoms with Crippen molar-refractivity contribution in [3.05, 3.63) is 83.8 Å². The standard InChI is InChI=1S/C23H23N3O3/c1-26-18-13-16(28-2)10-11-17(18)22(15-7-4-3-5-8-15)25-14-19(26)21(24)23(27)20-9-6-12-29-20/h3-13,19,21H,14,24H2,1-2H3. The Labute approximate surface area is 169 Å². The lowest BCUT2D eigenvalue weighted by molar-refractivity contribution is 0.0922. The predicted octanol–water partition coefficient (Wildman–Crippen LogP) is 3.15. The number of Topliss-reactive ketones (excluding diaryl/α,β-unsaturated/α-hetero) is 1. The average molecular weight is 389 g/mol. The van der Waals surface area contributed by atoms with Gasteiger partial charge in [-0.2, -0.15) is 0 Å². The maximum Gasteiger partial charge on any atom is 0.216 e. The van der Waals surface area contributed by atoms with Gasteiger partial charge >= 0.3 is 0 Å². The van der Waals surface area contributed by atoms with Gasteiger partial charge in [0.25, 0.3) is 0 Å². The molecule has 0 spiro atoms. The van der Waals surface area contributed by atoms with Crippen LogP contribution in [0.2, 0.25) is 0 Å². The highest BCUT2D eigenvalue weighted by Gasteiger charge is 2.33. The number of fused-ring (bicyclic) bond motifs is 1. The van der Waals surface area contributed by atoms with Crippen LogP contribution in [-0.4, -0.2) is 44.3 Å². The zero-order valence-electron chi connectivity index (χ0n) is 16.4. The van der Waals surface area contributed by atoms with Crippen molar-refractivity contribution in [3.8, 4) is 5.75 Å². The number of benzene rings is 2. The number of carbonyl (C=O) groups excluding carboxylic acids is 1. The highest BCUT2D eigenvalue weighted by Crippen LogP contribution is 2.32. The second-order valence-electron chi connectivity index (χ2n) is 6.98. The second-order valence-corrected chi connectivity index (χ2v) is 6.98. The average Bonchev–Trinajstić information content (AvgIpc) is 3.26. The number of rotatable bonds is 5. The van der Waals surface area contributed by atoms with E-state index in [1.54, 1.807) is 19.2 Å². The molecule has 1 aromatic heterocycles.